The molecule has 0 amide bonds. The van der Waals surface area contributed by atoms with Crippen molar-refractivity contribution in [1.29, 1.82) is 0 Å². The lowest BCUT2D eigenvalue weighted by atomic mass is 10.0. The highest BCUT2D eigenvalue weighted by Gasteiger charge is 2.21. The van der Waals surface area contributed by atoms with Gasteiger partial charge in [-0.1, -0.05) is 54.6 Å². The van der Waals surface area contributed by atoms with Gasteiger partial charge in [0.2, 0.25) is 5.78 Å². The molecule has 0 unspecified atom stereocenters. The average Bonchev–Trinajstić information content (AvgIpc) is 2.74. The molecule has 3 aromatic carbocycles. The van der Waals surface area contributed by atoms with Crippen molar-refractivity contribution in [3.63, 3.8) is 0 Å². The second kappa shape index (κ2) is 7.90. The summed E-state index contributed by atoms with van der Waals surface area (Å²) in [5.41, 5.74) is 5.68. The molecule has 0 spiro atoms. The third kappa shape index (κ3) is 3.96. The smallest absolute Gasteiger partial charge is 0.276 e. The monoisotopic (exact) mass is 382 g/mol. The van der Waals surface area contributed by atoms with Gasteiger partial charge in [0, 0.05) is 5.56 Å². The molecule has 1 heterocycles. The molecular formula is C23H18N4O2. The summed E-state index contributed by atoms with van der Waals surface area (Å²) in [4.78, 5) is 33.0. The van der Waals surface area contributed by atoms with Crippen LogP contribution in [0.25, 0.3) is 11.0 Å². The van der Waals surface area contributed by atoms with Crippen LogP contribution in [0.4, 0.5) is 5.69 Å². The van der Waals surface area contributed by atoms with E-state index < -0.39 is 5.56 Å². The van der Waals surface area contributed by atoms with E-state index in [4.69, 9.17) is 0 Å². The SMILES string of the molecule is Cc1cccc(N/N=C(/C(=O)c2ccccc2)c2nc3ccccc3[nH]c2=O)c1. The predicted molar refractivity (Wildman–Crippen MR) is 114 cm³/mol. The average molecular weight is 382 g/mol. The summed E-state index contributed by atoms with van der Waals surface area (Å²) >= 11 is 0. The van der Waals surface area contributed by atoms with Gasteiger partial charge in [-0.15, -0.1) is 0 Å². The number of hydrogen-bond acceptors (Lipinski definition) is 5. The van der Waals surface area contributed by atoms with Gasteiger partial charge in [0.1, 0.15) is 0 Å². The number of fused-ring (bicyclic) bond motifs is 1. The summed E-state index contributed by atoms with van der Waals surface area (Å²) in [7, 11) is 0. The second-order valence-electron chi connectivity index (χ2n) is 6.57. The number of nitrogens with zero attached hydrogens (tertiary/aromatic N) is 2. The molecule has 0 fully saturated rings. The van der Waals surface area contributed by atoms with Crippen molar-refractivity contribution in [3.05, 3.63) is 106 Å². The number of H-pyrrole nitrogens is 1. The lowest BCUT2D eigenvalue weighted by Crippen LogP contribution is -2.27. The molecule has 0 aliphatic rings. The molecule has 0 radical (unpaired) electrons. The molecule has 142 valence electrons. The van der Waals surface area contributed by atoms with Gasteiger partial charge in [0.25, 0.3) is 5.56 Å². The number of anilines is 1. The summed E-state index contributed by atoms with van der Waals surface area (Å²) < 4.78 is 0. The molecule has 6 nitrogen and oxygen atoms in total. The van der Waals surface area contributed by atoms with E-state index in [1.807, 2.05) is 49.4 Å². The van der Waals surface area contributed by atoms with E-state index in [1.165, 1.54) is 0 Å². The first-order chi connectivity index (χ1) is 14.1. The van der Waals surface area contributed by atoms with Crippen molar-refractivity contribution in [2.75, 3.05) is 5.43 Å². The van der Waals surface area contributed by atoms with E-state index >= 15 is 0 Å². The third-order valence-electron chi connectivity index (χ3n) is 4.39. The van der Waals surface area contributed by atoms with Crippen LogP contribution in [0, 0.1) is 6.92 Å². The fourth-order valence-electron chi connectivity index (χ4n) is 2.96. The molecule has 0 atom stereocenters. The van der Waals surface area contributed by atoms with Crippen molar-refractivity contribution in [2.24, 2.45) is 5.10 Å². The van der Waals surface area contributed by atoms with Crippen molar-refractivity contribution in [3.8, 4) is 0 Å². The first-order valence-corrected chi connectivity index (χ1v) is 9.11. The Bertz CT molecular complexity index is 1280. The molecule has 6 heteroatoms. The van der Waals surface area contributed by atoms with Crippen molar-refractivity contribution in [2.45, 2.75) is 6.92 Å². The third-order valence-corrected chi connectivity index (χ3v) is 4.39. The number of carbonyl (C=O) groups excluding carboxylic acids is 1. The Morgan fingerprint density at radius 3 is 2.52 bits per heavy atom. The minimum atomic E-state index is -0.474. The van der Waals surface area contributed by atoms with Gasteiger partial charge in [-0.2, -0.15) is 5.10 Å². The minimum absolute atomic E-state index is 0.0299. The number of rotatable bonds is 5. The number of ketones is 1. The fraction of sp³-hybridized carbons (Fsp3) is 0.0435. The van der Waals surface area contributed by atoms with Crippen LogP contribution in [0.2, 0.25) is 0 Å². The van der Waals surface area contributed by atoms with E-state index in [1.54, 1.807) is 36.4 Å². The van der Waals surface area contributed by atoms with Gasteiger partial charge in [-0.05, 0) is 36.8 Å². The molecule has 4 aromatic rings. The normalized spacial score (nSPS) is 11.4. The van der Waals surface area contributed by atoms with Crippen LogP contribution >= 0.6 is 0 Å². The van der Waals surface area contributed by atoms with Gasteiger partial charge < -0.3 is 4.98 Å². The van der Waals surface area contributed by atoms with E-state index in [-0.39, 0.29) is 17.2 Å². The standard InChI is InChI=1S/C23H18N4O2/c1-15-8-7-11-17(14-15)26-27-20(22(28)16-9-3-2-4-10-16)21-23(29)25-19-13-6-5-12-18(19)24-21/h2-14,26H,1H3,(H,25,29)/b27-20+. The molecule has 0 bridgehead atoms. The van der Waals surface area contributed by atoms with Crippen LogP contribution in [0.1, 0.15) is 21.6 Å². The zero-order chi connectivity index (χ0) is 20.2. The molecule has 0 saturated carbocycles. The Morgan fingerprint density at radius 1 is 0.966 bits per heavy atom. The summed E-state index contributed by atoms with van der Waals surface area (Å²) in [5, 5.41) is 4.28. The zero-order valence-corrected chi connectivity index (χ0v) is 15.7. The Hall–Kier alpha value is -4.06. The number of carbonyl (C=O) groups is 1. The number of aromatic nitrogens is 2. The maximum absolute atomic E-state index is 13.2. The van der Waals surface area contributed by atoms with Crippen LogP contribution in [-0.2, 0) is 0 Å². The Labute approximate surface area is 166 Å². The zero-order valence-electron chi connectivity index (χ0n) is 15.7. The largest absolute Gasteiger partial charge is 0.319 e. The van der Waals surface area contributed by atoms with Crippen molar-refractivity contribution >= 4 is 28.2 Å². The molecular weight excluding hydrogens is 364 g/mol. The lowest BCUT2D eigenvalue weighted by molar-refractivity contribution is 0.106. The van der Waals surface area contributed by atoms with Crippen LogP contribution in [0.5, 0.6) is 0 Å². The maximum Gasteiger partial charge on any atom is 0.276 e. The highest BCUT2D eigenvalue weighted by atomic mass is 16.1. The van der Waals surface area contributed by atoms with Gasteiger partial charge in [0.15, 0.2) is 11.4 Å². The van der Waals surface area contributed by atoms with Gasteiger partial charge in [-0.25, -0.2) is 4.98 Å². The minimum Gasteiger partial charge on any atom is -0.319 e. The quantitative estimate of drug-likeness (QED) is 0.311. The number of aromatic amines is 1. The number of aryl methyl sites for hydroxylation is 1. The van der Waals surface area contributed by atoms with Gasteiger partial charge >= 0.3 is 0 Å². The van der Waals surface area contributed by atoms with Crippen LogP contribution in [-0.4, -0.2) is 21.5 Å². The Balaban J connectivity index is 1.84. The number of nitrogens with one attached hydrogen (secondary N) is 2. The summed E-state index contributed by atoms with van der Waals surface area (Å²) in [6.45, 7) is 1.96. The molecule has 4 rings (SSSR count). The maximum atomic E-state index is 13.2. The van der Waals surface area contributed by atoms with E-state index in [0.717, 1.165) is 5.56 Å². The summed E-state index contributed by atoms with van der Waals surface area (Å²) in [5.74, 6) is -0.390. The lowest BCUT2D eigenvalue weighted by Gasteiger charge is -2.08. The number of para-hydroxylation sites is 2. The summed E-state index contributed by atoms with van der Waals surface area (Å²) in [6, 6.07) is 23.4. The summed E-state index contributed by atoms with van der Waals surface area (Å²) in [6.07, 6.45) is 0. The number of hydrazone groups is 1. The molecule has 0 saturated heterocycles. The first-order valence-electron chi connectivity index (χ1n) is 9.11. The number of hydrogen-bond donors (Lipinski definition) is 2. The first kappa shape index (κ1) is 18.3. The molecule has 0 aliphatic carbocycles. The van der Waals surface area contributed by atoms with Gasteiger partial charge in [-0.3, -0.25) is 15.0 Å². The van der Waals surface area contributed by atoms with Crippen LogP contribution in [0.15, 0.2) is 88.8 Å². The molecule has 1 aromatic heterocycles. The van der Waals surface area contributed by atoms with Crippen LogP contribution in [0.3, 0.4) is 0 Å². The van der Waals surface area contributed by atoms with E-state index in [2.05, 4.69) is 20.5 Å². The van der Waals surface area contributed by atoms with Crippen LogP contribution < -0.4 is 11.0 Å². The van der Waals surface area contributed by atoms with Crippen molar-refractivity contribution < 1.29 is 4.79 Å². The molecule has 29 heavy (non-hydrogen) atoms. The molecule has 0 aliphatic heterocycles. The Kier molecular flexibility index (Phi) is 4.99. The highest BCUT2D eigenvalue weighted by Crippen LogP contribution is 2.12. The number of Topliss-reactive ketones (excluding diaryl/α,β-unsaturated/α-hetero) is 1. The van der Waals surface area contributed by atoms with Crippen molar-refractivity contribution in [1.82, 2.24) is 9.97 Å². The predicted octanol–water partition coefficient (Wildman–Crippen LogP) is 3.93. The Morgan fingerprint density at radius 2 is 1.72 bits per heavy atom. The highest BCUT2D eigenvalue weighted by molar-refractivity contribution is 6.51. The fourth-order valence-corrected chi connectivity index (χ4v) is 2.96. The van der Waals surface area contributed by atoms with Gasteiger partial charge in [0.05, 0.1) is 16.7 Å². The topological polar surface area (TPSA) is 87.2 Å². The molecule has 2 N–H and O–H groups in total. The second-order valence-corrected chi connectivity index (χ2v) is 6.57. The van der Waals surface area contributed by atoms with E-state index in [0.29, 0.717) is 22.3 Å². The van der Waals surface area contributed by atoms with E-state index in [9.17, 15) is 9.59 Å². The number of benzene rings is 3.